The first-order chi connectivity index (χ1) is 8.75. The van der Waals surface area contributed by atoms with Crippen LogP contribution < -0.4 is 5.32 Å². The highest BCUT2D eigenvalue weighted by molar-refractivity contribution is 6.09. The average Bonchev–Trinajstić information content (AvgIpc) is 2.63. The van der Waals surface area contributed by atoms with Crippen molar-refractivity contribution in [3.63, 3.8) is 0 Å². The van der Waals surface area contributed by atoms with E-state index in [1.165, 1.54) is 4.90 Å². The summed E-state index contributed by atoms with van der Waals surface area (Å²) in [4.78, 5) is 37.0. The van der Waals surface area contributed by atoms with Crippen molar-refractivity contribution in [3.05, 3.63) is 17.0 Å². The summed E-state index contributed by atoms with van der Waals surface area (Å²) in [6, 6.07) is 0. The number of hydrogen-bond acceptors (Lipinski definition) is 5. The van der Waals surface area contributed by atoms with Gasteiger partial charge < -0.3 is 9.42 Å². The Kier molecular flexibility index (Phi) is 2.92. The first-order valence-corrected chi connectivity index (χ1v) is 5.84. The van der Waals surface area contributed by atoms with E-state index in [-0.39, 0.29) is 6.54 Å². The molecule has 3 amide bonds. The van der Waals surface area contributed by atoms with E-state index < -0.39 is 23.3 Å². The van der Waals surface area contributed by atoms with Crippen LogP contribution in [0.4, 0.5) is 0 Å². The second-order valence-electron chi connectivity index (χ2n) is 5.03. The Hall–Kier alpha value is -2.18. The first-order valence-electron chi connectivity index (χ1n) is 5.84. The molecule has 19 heavy (non-hydrogen) atoms. The molecule has 2 heterocycles. The van der Waals surface area contributed by atoms with E-state index in [0.29, 0.717) is 17.0 Å². The van der Waals surface area contributed by atoms with Gasteiger partial charge in [0.25, 0.3) is 11.8 Å². The predicted octanol–water partition coefficient (Wildman–Crippen LogP) is 0.169. The molecule has 0 unspecified atom stereocenters. The lowest BCUT2D eigenvalue weighted by atomic mass is 9.97. The zero-order valence-electron chi connectivity index (χ0n) is 11.2. The molecule has 0 saturated carbocycles. The van der Waals surface area contributed by atoms with Crippen molar-refractivity contribution in [3.8, 4) is 0 Å². The normalized spacial score (nSPS) is 18.4. The third-order valence-electron chi connectivity index (χ3n) is 3.28. The molecule has 1 N–H and O–H groups in total. The van der Waals surface area contributed by atoms with Gasteiger partial charge in [0.1, 0.15) is 23.4 Å². The van der Waals surface area contributed by atoms with Crippen LogP contribution in [0.1, 0.15) is 35.7 Å². The number of nitrogens with one attached hydrogen (secondary N) is 1. The fourth-order valence-electron chi connectivity index (χ4n) is 2.03. The van der Waals surface area contributed by atoms with Gasteiger partial charge in [0.15, 0.2) is 0 Å². The molecule has 0 bridgehead atoms. The highest BCUT2D eigenvalue weighted by Crippen LogP contribution is 2.23. The lowest BCUT2D eigenvalue weighted by Crippen LogP contribution is -2.65. The summed E-state index contributed by atoms with van der Waals surface area (Å²) in [5.41, 5.74) is -0.353. The number of aryl methyl sites for hydroxylation is 2. The molecule has 0 atom stereocenters. The molecule has 1 aliphatic rings. The number of rotatable bonds is 1. The largest absolute Gasteiger partial charge is 0.361 e. The van der Waals surface area contributed by atoms with Gasteiger partial charge in [-0.1, -0.05) is 5.16 Å². The van der Waals surface area contributed by atoms with Gasteiger partial charge in [-0.15, -0.1) is 0 Å². The van der Waals surface area contributed by atoms with Crippen molar-refractivity contribution in [1.82, 2.24) is 15.4 Å². The molecular formula is C12H15N3O4. The van der Waals surface area contributed by atoms with E-state index in [4.69, 9.17) is 4.52 Å². The fourth-order valence-corrected chi connectivity index (χ4v) is 2.03. The maximum atomic E-state index is 12.5. The Balaban J connectivity index is 2.42. The number of imide groups is 1. The molecule has 1 fully saturated rings. The zero-order valence-corrected chi connectivity index (χ0v) is 11.2. The topological polar surface area (TPSA) is 92.5 Å². The predicted molar refractivity (Wildman–Crippen MR) is 64.2 cm³/mol. The number of nitrogens with zero attached hydrogens (tertiary/aromatic N) is 2. The smallest absolute Gasteiger partial charge is 0.260 e. The molecule has 1 aromatic rings. The SMILES string of the molecule is Cc1noc(C)c1C(=O)N1CC(=O)NC(=O)C1(C)C. The van der Waals surface area contributed by atoms with Crippen LogP contribution in [-0.4, -0.2) is 39.9 Å². The van der Waals surface area contributed by atoms with Gasteiger partial charge in [0, 0.05) is 0 Å². The van der Waals surface area contributed by atoms with Crippen molar-refractivity contribution in [2.24, 2.45) is 0 Å². The minimum Gasteiger partial charge on any atom is -0.361 e. The van der Waals surface area contributed by atoms with E-state index in [2.05, 4.69) is 10.5 Å². The van der Waals surface area contributed by atoms with Crippen molar-refractivity contribution < 1.29 is 18.9 Å². The van der Waals surface area contributed by atoms with Crippen LogP contribution in [0.5, 0.6) is 0 Å². The Bertz CT molecular complexity index is 554. The maximum absolute atomic E-state index is 12.5. The number of piperazine rings is 1. The summed E-state index contributed by atoms with van der Waals surface area (Å²) in [6.45, 7) is 6.27. The molecule has 0 aromatic carbocycles. The molecule has 7 heteroatoms. The van der Waals surface area contributed by atoms with Gasteiger partial charge in [0.05, 0.1) is 5.69 Å². The number of aromatic nitrogens is 1. The van der Waals surface area contributed by atoms with Crippen LogP contribution >= 0.6 is 0 Å². The van der Waals surface area contributed by atoms with Crippen LogP contribution in [-0.2, 0) is 9.59 Å². The number of carbonyl (C=O) groups is 3. The summed E-state index contributed by atoms with van der Waals surface area (Å²) in [6.07, 6.45) is 0. The van der Waals surface area contributed by atoms with Crippen LogP contribution in [0.25, 0.3) is 0 Å². The summed E-state index contributed by atoms with van der Waals surface area (Å²) in [5, 5.41) is 5.93. The van der Waals surface area contributed by atoms with Crippen molar-refractivity contribution >= 4 is 17.7 Å². The lowest BCUT2D eigenvalue weighted by molar-refractivity contribution is -0.143. The summed E-state index contributed by atoms with van der Waals surface area (Å²) in [7, 11) is 0. The first kappa shape index (κ1) is 13.3. The Morgan fingerprint density at radius 1 is 1.37 bits per heavy atom. The second-order valence-corrected chi connectivity index (χ2v) is 5.03. The molecule has 7 nitrogen and oxygen atoms in total. The molecular weight excluding hydrogens is 250 g/mol. The minimum absolute atomic E-state index is 0.165. The van der Waals surface area contributed by atoms with Crippen molar-refractivity contribution in [2.45, 2.75) is 33.2 Å². The van der Waals surface area contributed by atoms with E-state index in [9.17, 15) is 14.4 Å². The Labute approximate surface area is 109 Å². The molecule has 102 valence electrons. The fraction of sp³-hybridized carbons (Fsp3) is 0.500. The lowest BCUT2D eigenvalue weighted by Gasteiger charge is -2.40. The van der Waals surface area contributed by atoms with Crippen LogP contribution in [0.15, 0.2) is 4.52 Å². The van der Waals surface area contributed by atoms with E-state index in [1.807, 2.05) is 0 Å². The molecule has 2 rings (SSSR count). The summed E-state index contributed by atoms with van der Waals surface area (Å²) < 4.78 is 4.95. The third-order valence-corrected chi connectivity index (χ3v) is 3.28. The Morgan fingerprint density at radius 2 is 2.00 bits per heavy atom. The minimum atomic E-state index is -1.10. The van der Waals surface area contributed by atoms with Gasteiger partial charge in [-0.05, 0) is 27.7 Å². The van der Waals surface area contributed by atoms with E-state index >= 15 is 0 Å². The van der Waals surface area contributed by atoms with E-state index in [1.54, 1.807) is 27.7 Å². The highest BCUT2D eigenvalue weighted by Gasteiger charge is 2.44. The highest BCUT2D eigenvalue weighted by atomic mass is 16.5. The average molecular weight is 265 g/mol. The summed E-state index contributed by atoms with van der Waals surface area (Å²) >= 11 is 0. The molecule has 1 saturated heterocycles. The second kappa shape index (κ2) is 4.18. The number of hydrogen-bond donors (Lipinski definition) is 1. The maximum Gasteiger partial charge on any atom is 0.260 e. The van der Waals surface area contributed by atoms with E-state index in [0.717, 1.165) is 0 Å². The van der Waals surface area contributed by atoms with Crippen LogP contribution in [0.2, 0.25) is 0 Å². The molecule has 1 aromatic heterocycles. The van der Waals surface area contributed by atoms with Gasteiger partial charge >= 0.3 is 0 Å². The van der Waals surface area contributed by atoms with Crippen LogP contribution in [0.3, 0.4) is 0 Å². The standard InChI is InChI=1S/C12H15N3O4/c1-6-9(7(2)19-14-6)10(17)15-5-8(16)13-11(18)12(15,3)4/h5H2,1-4H3,(H,13,16,18). The molecule has 0 spiro atoms. The molecule has 0 aliphatic carbocycles. The number of carbonyl (C=O) groups excluding carboxylic acids is 3. The van der Waals surface area contributed by atoms with Crippen molar-refractivity contribution in [2.75, 3.05) is 6.54 Å². The van der Waals surface area contributed by atoms with Gasteiger partial charge in [-0.2, -0.15) is 0 Å². The Morgan fingerprint density at radius 3 is 2.53 bits per heavy atom. The van der Waals surface area contributed by atoms with Crippen molar-refractivity contribution in [1.29, 1.82) is 0 Å². The third kappa shape index (κ3) is 2.00. The van der Waals surface area contributed by atoms with Gasteiger partial charge in [-0.3, -0.25) is 19.7 Å². The van der Waals surface area contributed by atoms with Crippen LogP contribution in [0, 0.1) is 13.8 Å². The molecule has 1 aliphatic heterocycles. The number of amides is 3. The van der Waals surface area contributed by atoms with Gasteiger partial charge in [-0.25, -0.2) is 0 Å². The quantitative estimate of drug-likeness (QED) is 0.731. The zero-order chi connectivity index (χ0) is 14.4. The monoisotopic (exact) mass is 265 g/mol. The summed E-state index contributed by atoms with van der Waals surface area (Å²) in [5.74, 6) is -1.05. The van der Waals surface area contributed by atoms with Gasteiger partial charge in [0.2, 0.25) is 5.91 Å². The molecule has 0 radical (unpaired) electrons.